The molecule has 0 bridgehead atoms. The molecule has 1 amide bonds. The molecule has 2 aromatic heterocycles. The maximum absolute atomic E-state index is 12.4. The number of nitrogens with zero attached hydrogens (tertiary/aromatic N) is 4. The normalized spacial score (nSPS) is 18.5. The Hall–Kier alpha value is -2.30. The average Bonchev–Trinajstić information content (AvgIpc) is 2.98. The van der Waals surface area contributed by atoms with Gasteiger partial charge in [-0.2, -0.15) is 0 Å². The molecule has 0 saturated carbocycles. The fraction of sp³-hybridized carbons (Fsp3) is 0.286. The monoisotopic (exact) mass is 254 g/mol. The first-order valence-electron chi connectivity index (χ1n) is 6.33. The van der Waals surface area contributed by atoms with Gasteiger partial charge in [-0.15, -0.1) is 0 Å². The maximum Gasteiger partial charge on any atom is 0.274 e. The molecule has 1 saturated heterocycles. The van der Waals surface area contributed by atoms with Crippen LogP contribution in [0.5, 0.6) is 0 Å². The van der Waals surface area contributed by atoms with E-state index in [1.54, 1.807) is 24.8 Å². The van der Waals surface area contributed by atoms with Gasteiger partial charge in [0.15, 0.2) is 0 Å². The van der Waals surface area contributed by atoms with Gasteiger partial charge in [0.1, 0.15) is 5.69 Å². The Morgan fingerprint density at radius 1 is 1.16 bits per heavy atom. The minimum atomic E-state index is -0.0487. The number of amides is 1. The van der Waals surface area contributed by atoms with Crippen LogP contribution in [0, 0.1) is 0 Å². The summed E-state index contributed by atoms with van der Waals surface area (Å²) in [5, 5.41) is 0. The van der Waals surface area contributed by atoms with Gasteiger partial charge in [-0.3, -0.25) is 14.8 Å². The molecule has 5 nitrogen and oxygen atoms in total. The Balaban J connectivity index is 1.86. The first kappa shape index (κ1) is 11.8. The second-order valence-electron chi connectivity index (χ2n) is 4.53. The van der Waals surface area contributed by atoms with Crippen molar-refractivity contribution in [2.75, 3.05) is 6.54 Å². The smallest absolute Gasteiger partial charge is 0.274 e. The molecule has 2 aromatic rings. The highest BCUT2D eigenvalue weighted by atomic mass is 16.2. The fourth-order valence-electron chi connectivity index (χ4n) is 2.50. The molecule has 1 fully saturated rings. The lowest BCUT2D eigenvalue weighted by molar-refractivity contribution is 0.0729. The lowest BCUT2D eigenvalue weighted by Crippen LogP contribution is -2.31. The van der Waals surface area contributed by atoms with Gasteiger partial charge in [-0.25, -0.2) is 4.98 Å². The summed E-state index contributed by atoms with van der Waals surface area (Å²) in [5.41, 5.74) is 1.54. The number of carbonyl (C=O) groups is 1. The molecule has 1 atom stereocenters. The summed E-state index contributed by atoms with van der Waals surface area (Å²) in [5.74, 6) is -0.0487. The van der Waals surface area contributed by atoms with E-state index in [0.717, 1.165) is 24.9 Å². The van der Waals surface area contributed by atoms with Crippen molar-refractivity contribution >= 4 is 5.91 Å². The third-order valence-corrected chi connectivity index (χ3v) is 3.39. The first-order chi connectivity index (χ1) is 9.36. The quantitative estimate of drug-likeness (QED) is 0.820. The van der Waals surface area contributed by atoms with Crippen molar-refractivity contribution in [1.82, 2.24) is 19.9 Å². The molecule has 0 aromatic carbocycles. The zero-order chi connectivity index (χ0) is 13.1. The van der Waals surface area contributed by atoms with Crippen molar-refractivity contribution in [2.24, 2.45) is 0 Å². The van der Waals surface area contributed by atoms with Gasteiger partial charge in [-0.1, -0.05) is 0 Å². The minimum absolute atomic E-state index is 0.0487. The highest BCUT2D eigenvalue weighted by Crippen LogP contribution is 2.32. The molecule has 0 N–H and O–H groups in total. The van der Waals surface area contributed by atoms with Crippen molar-refractivity contribution in [3.63, 3.8) is 0 Å². The van der Waals surface area contributed by atoms with Crippen LogP contribution in [-0.4, -0.2) is 32.3 Å². The predicted octanol–water partition coefficient (Wildman–Crippen LogP) is 1.85. The summed E-state index contributed by atoms with van der Waals surface area (Å²) in [7, 11) is 0. The molecule has 96 valence electrons. The van der Waals surface area contributed by atoms with Gasteiger partial charge in [0.2, 0.25) is 0 Å². The van der Waals surface area contributed by atoms with E-state index in [2.05, 4.69) is 15.0 Å². The van der Waals surface area contributed by atoms with Gasteiger partial charge in [0, 0.05) is 31.3 Å². The van der Waals surface area contributed by atoms with Gasteiger partial charge in [-0.05, 0) is 30.5 Å². The fourth-order valence-corrected chi connectivity index (χ4v) is 2.50. The van der Waals surface area contributed by atoms with E-state index in [-0.39, 0.29) is 11.9 Å². The van der Waals surface area contributed by atoms with Crippen molar-refractivity contribution in [2.45, 2.75) is 18.9 Å². The van der Waals surface area contributed by atoms with Gasteiger partial charge in [0.05, 0.1) is 12.2 Å². The zero-order valence-electron chi connectivity index (χ0n) is 10.4. The molecule has 0 radical (unpaired) electrons. The van der Waals surface area contributed by atoms with Crippen LogP contribution >= 0.6 is 0 Å². The molecule has 5 heteroatoms. The summed E-state index contributed by atoms with van der Waals surface area (Å²) >= 11 is 0. The topological polar surface area (TPSA) is 59.0 Å². The summed E-state index contributed by atoms with van der Waals surface area (Å²) in [6.07, 6.45) is 10.2. The van der Waals surface area contributed by atoms with Crippen LogP contribution in [0.3, 0.4) is 0 Å². The molecule has 1 aliphatic rings. The molecule has 3 heterocycles. The van der Waals surface area contributed by atoms with E-state index >= 15 is 0 Å². The Bertz CT molecular complexity index is 558. The van der Waals surface area contributed by atoms with E-state index < -0.39 is 0 Å². The number of hydrogen-bond donors (Lipinski definition) is 0. The lowest BCUT2D eigenvalue weighted by Gasteiger charge is -2.24. The summed E-state index contributed by atoms with van der Waals surface area (Å²) in [6, 6.07) is 4.05. The third-order valence-electron chi connectivity index (χ3n) is 3.39. The van der Waals surface area contributed by atoms with Crippen LogP contribution in [0.4, 0.5) is 0 Å². The first-order valence-corrected chi connectivity index (χ1v) is 6.33. The van der Waals surface area contributed by atoms with Crippen molar-refractivity contribution < 1.29 is 4.79 Å². The number of pyridine rings is 1. The molecule has 1 unspecified atom stereocenters. The largest absolute Gasteiger partial charge is 0.330 e. The Morgan fingerprint density at radius 2 is 2.00 bits per heavy atom. The number of carbonyl (C=O) groups excluding carboxylic acids is 1. The maximum atomic E-state index is 12.4. The third kappa shape index (κ3) is 2.31. The SMILES string of the molecule is O=C(c1cnccn1)N1CCCC1c1ccncc1. The van der Waals surface area contributed by atoms with Crippen LogP contribution in [0.25, 0.3) is 0 Å². The number of likely N-dealkylation sites (tertiary alicyclic amines) is 1. The number of hydrogen-bond acceptors (Lipinski definition) is 4. The summed E-state index contributed by atoms with van der Waals surface area (Å²) in [6.45, 7) is 0.766. The molecule has 3 rings (SSSR count). The number of rotatable bonds is 2. The molecule has 19 heavy (non-hydrogen) atoms. The highest BCUT2D eigenvalue weighted by molar-refractivity contribution is 5.92. The predicted molar refractivity (Wildman–Crippen MR) is 69.3 cm³/mol. The van der Waals surface area contributed by atoms with E-state index in [9.17, 15) is 4.79 Å². The van der Waals surface area contributed by atoms with E-state index in [1.165, 1.54) is 6.20 Å². The number of aromatic nitrogens is 3. The van der Waals surface area contributed by atoms with Gasteiger partial charge in [0.25, 0.3) is 5.91 Å². The second-order valence-corrected chi connectivity index (χ2v) is 4.53. The average molecular weight is 254 g/mol. The highest BCUT2D eigenvalue weighted by Gasteiger charge is 2.31. The Morgan fingerprint density at radius 3 is 2.74 bits per heavy atom. The van der Waals surface area contributed by atoms with Crippen LogP contribution < -0.4 is 0 Å². The van der Waals surface area contributed by atoms with Crippen LogP contribution in [-0.2, 0) is 0 Å². The van der Waals surface area contributed by atoms with E-state index in [1.807, 2.05) is 17.0 Å². The van der Waals surface area contributed by atoms with Crippen molar-refractivity contribution in [1.29, 1.82) is 0 Å². The lowest BCUT2D eigenvalue weighted by atomic mass is 10.1. The van der Waals surface area contributed by atoms with Gasteiger partial charge >= 0.3 is 0 Å². The standard InChI is InChI=1S/C14H14N4O/c19-14(12-10-16-7-8-17-12)18-9-1-2-13(18)11-3-5-15-6-4-11/h3-8,10,13H,1-2,9H2. The molecular weight excluding hydrogens is 240 g/mol. The van der Waals surface area contributed by atoms with Crippen LogP contribution in [0.2, 0.25) is 0 Å². The van der Waals surface area contributed by atoms with Gasteiger partial charge < -0.3 is 4.90 Å². The summed E-state index contributed by atoms with van der Waals surface area (Å²) in [4.78, 5) is 26.4. The van der Waals surface area contributed by atoms with E-state index in [0.29, 0.717) is 5.69 Å². The Labute approximate surface area is 111 Å². The molecule has 0 aliphatic carbocycles. The van der Waals surface area contributed by atoms with Crippen molar-refractivity contribution in [3.05, 3.63) is 54.4 Å². The summed E-state index contributed by atoms with van der Waals surface area (Å²) < 4.78 is 0. The zero-order valence-corrected chi connectivity index (χ0v) is 10.4. The van der Waals surface area contributed by atoms with Crippen molar-refractivity contribution in [3.8, 4) is 0 Å². The molecule has 0 spiro atoms. The second kappa shape index (κ2) is 5.14. The molecular formula is C14H14N4O. The Kier molecular flexibility index (Phi) is 3.18. The van der Waals surface area contributed by atoms with Crippen LogP contribution in [0.1, 0.15) is 34.9 Å². The van der Waals surface area contributed by atoms with E-state index in [4.69, 9.17) is 0 Å². The van der Waals surface area contributed by atoms with Crippen LogP contribution in [0.15, 0.2) is 43.1 Å². The minimum Gasteiger partial charge on any atom is -0.330 e. The molecule has 1 aliphatic heterocycles.